The molecule has 1 aromatic heterocycles. The Balaban J connectivity index is 1.64. The van der Waals surface area contributed by atoms with E-state index in [1.54, 1.807) is 7.11 Å². The van der Waals surface area contributed by atoms with Crippen molar-refractivity contribution < 1.29 is 4.74 Å². The quantitative estimate of drug-likeness (QED) is 0.723. The summed E-state index contributed by atoms with van der Waals surface area (Å²) < 4.78 is 4.98. The van der Waals surface area contributed by atoms with E-state index >= 15 is 0 Å². The summed E-state index contributed by atoms with van der Waals surface area (Å²) >= 11 is 1.81. The van der Waals surface area contributed by atoms with Gasteiger partial charge in [0.1, 0.15) is 0 Å². The molecule has 0 amide bonds. The minimum Gasteiger partial charge on any atom is -0.385 e. The van der Waals surface area contributed by atoms with Crippen LogP contribution in [0.2, 0.25) is 0 Å². The van der Waals surface area contributed by atoms with Crippen molar-refractivity contribution in [3.8, 4) is 0 Å². The van der Waals surface area contributed by atoms with Gasteiger partial charge in [0, 0.05) is 31.6 Å². The Labute approximate surface area is 94.9 Å². The highest BCUT2D eigenvalue weighted by Crippen LogP contribution is 2.41. The van der Waals surface area contributed by atoms with Crippen molar-refractivity contribution in [1.82, 2.24) is 10.3 Å². The third-order valence-corrected chi connectivity index (χ3v) is 3.56. The van der Waals surface area contributed by atoms with E-state index in [1.807, 2.05) is 11.3 Å². The topological polar surface area (TPSA) is 34.1 Å². The van der Waals surface area contributed by atoms with Crippen LogP contribution in [0.15, 0.2) is 5.38 Å². The van der Waals surface area contributed by atoms with Crippen LogP contribution in [0.5, 0.6) is 0 Å². The predicted molar refractivity (Wildman–Crippen MR) is 62.3 cm³/mol. The molecular formula is C11H18N2OS. The first kappa shape index (κ1) is 11.0. The summed E-state index contributed by atoms with van der Waals surface area (Å²) in [5.74, 6) is 0.789. The number of rotatable bonds is 7. The van der Waals surface area contributed by atoms with Gasteiger partial charge in [-0.05, 0) is 25.8 Å². The van der Waals surface area contributed by atoms with Crippen LogP contribution in [0, 0.1) is 0 Å². The van der Waals surface area contributed by atoms with E-state index in [0.717, 1.165) is 32.0 Å². The largest absolute Gasteiger partial charge is 0.385 e. The molecule has 1 aliphatic rings. The normalized spacial score (nSPS) is 15.8. The van der Waals surface area contributed by atoms with Gasteiger partial charge in [-0.25, -0.2) is 4.98 Å². The number of nitrogens with one attached hydrogen (secondary N) is 1. The number of methoxy groups -OCH3 is 1. The van der Waals surface area contributed by atoms with Gasteiger partial charge in [0.05, 0.1) is 10.7 Å². The summed E-state index contributed by atoms with van der Waals surface area (Å²) in [7, 11) is 1.74. The first-order valence-corrected chi connectivity index (χ1v) is 6.42. The summed E-state index contributed by atoms with van der Waals surface area (Å²) in [4.78, 5) is 4.61. The maximum atomic E-state index is 4.98. The predicted octanol–water partition coefficient (Wildman–Crippen LogP) is 2.15. The van der Waals surface area contributed by atoms with Crippen LogP contribution < -0.4 is 5.32 Å². The van der Waals surface area contributed by atoms with Crippen LogP contribution in [-0.4, -0.2) is 25.2 Å². The lowest BCUT2D eigenvalue weighted by atomic mass is 10.4. The van der Waals surface area contributed by atoms with Crippen molar-refractivity contribution in [3.63, 3.8) is 0 Å². The van der Waals surface area contributed by atoms with Gasteiger partial charge in [-0.2, -0.15) is 0 Å². The van der Waals surface area contributed by atoms with Crippen molar-refractivity contribution in [2.45, 2.75) is 31.7 Å². The lowest BCUT2D eigenvalue weighted by Crippen LogP contribution is -2.16. The van der Waals surface area contributed by atoms with Crippen LogP contribution >= 0.6 is 11.3 Å². The van der Waals surface area contributed by atoms with Crippen LogP contribution in [-0.2, 0) is 11.3 Å². The molecule has 15 heavy (non-hydrogen) atoms. The highest BCUT2D eigenvalue weighted by molar-refractivity contribution is 7.09. The molecule has 2 rings (SSSR count). The van der Waals surface area contributed by atoms with Crippen molar-refractivity contribution >= 4 is 11.3 Å². The summed E-state index contributed by atoms with van der Waals surface area (Å²) in [6.07, 6.45) is 3.75. The van der Waals surface area contributed by atoms with Gasteiger partial charge in [0.25, 0.3) is 0 Å². The zero-order valence-corrected chi connectivity index (χ0v) is 9.98. The number of nitrogens with zero attached hydrogens (tertiary/aromatic N) is 1. The van der Waals surface area contributed by atoms with Gasteiger partial charge in [-0.1, -0.05) is 0 Å². The Bertz CT molecular complexity index is 297. The number of ether oxygens (including phenoxy) is 1. The lowest BCUT2D eigenvalue weighted by Gasteiger charge is -2.01. The molecule has 0 bridgehead atoms. The average Bonchev–Trinajstić information content (AvgIpc) is 2.99. The number of hydrogen-bond donors (Lipinski definition) is 1. The van der Waals surface area contributed by atoms with Gasteiger partial charge >= 0.3 is 0 Å². The molecule has 0 saturated heterocycles. The molecule has 0 unspecified atom stereocenters. The van der Waals surface area contributed by atoms with Crippen LogP contribution in [0.4, 0.5) is 0 Å². The molecule has 1 N–H and O–H groups in total. The standard InChI is InChI=1S/C11H18N2OS/c1-14-6-2-5-12-7-10-8-15-11(13-10)9-3-4-9/h8-9,12H,2-7H2,1H3. The van der Waals surface area contributed by atoms with Crippen molar-refractivity contribution in [2.24, 2.45) is 0 Å². The Hall–Kier alpha value is -0.450. The van der Waals surface area contributed by atoms with Crippen molar-refractivity contribution in [2.75, 3.05) is 20.3 Å². The van der Waals surface area contributed by atoms with Gasteiger partial charge in [0.15, 0.2) is 0 Å². The second-order valence-corrected chi connectivity index (χ2v) is 4.86. The molecule has 1 saturated carbocycles. The zero-order valence-electron chi connectivity index (χ0n) is 9.16. The zero-order chi connectivity index (χ0) is 10.5. The molecule has 0 aromatic carbocycles. The molecule has 1 fully saturated rings. The van der Waals surface area contributed by atoms with E-state index in [9.17, 15) is 0 Å². The van der Waals surface area contributed by atoms with Crippen LogP contribution in [0.1, 0.15) is 35.9 Å². The molecule has 4 heteroatoms. The van der Waals surface area contributed by atoms with E-state index in [-0.39, 0.29) is 0 Å². The number of aromatic nitrogens is 1. The molecular weight excluding hydrogens is 208 g/mol. The van der Waals surface area contributed by atoms with Gasteiger partial charge < -0.3 is 10.1 Å². The number of hydrogen-bond acceptors (Lipinski definition) is 4. The molecule has 1 heterocycles. The smallest absolute Gasteiger partial charge is 0.0959 e. The Kier molecular flexibility index (Phi) is 4.11. The Morgan fingerprint density at radius 2 is 2.47 bits per heavy atom. The first-order valence-electron chi connectivity index (χ1n) is 5.54. The van der Waals surface area contributed by atoms with Gasteiger partial charge in [-0.3, -0.25) is 0 Å². The summed E-state index contributed by atoms with van der Waals surface area (Å²) in [5.41, 5.74) is 1.19. The van der Waals surface area contributed by atoms with Gasteiger partial charge in [-0.15, -0.1) is 11.3 Å². The molecule has 3 nitrogen and oxygen atoms in total. The second-order valence-electron chi connectivity index (χ2n) is 3.97. The minimum absolute atomic E-state index is 0.789. The van der Waals surface area contributed by atoms with E-state index < -0.39 is 0 Å². The molecule has 0 radical (unpaired) electrons. The minimum atomic E-state index is 0.789. The first-order chi connectivity index (χ1) is 7.40. The lowest BCUT2D eigenvalue weighted by molar-refractivity contribution is 0.194. The van der Waals surface area contributed by atoms with Crippen molar-refractivity contribution in [3.05, 3.63) is 16.1 Å². The molecule has 1 aliphatic carbocycles. The van der Waals surface area contributed by atoms with Crippen LogP contribution in [0.25, 0.3) is 0 Å². The van der Waals surface area contributed by atoms with E-state index in [0.29, 0.717) is 0 Å². The molecule has 0 aliphatic heterocycles. The molecule has 0 atom stereocenters. The highest BCUT2D eigenvalue weighted by atomic mass is 32.1. The summed E-state index contributed by atoms with van der Waals surface area (Å²) in [6, 6.07) is 0. The molecule has 84 valence electrons. The summed E-state index contributed by atoms with van der Waals surface area (Å²) in [6.45, 7) is 2.73. The fraction of sp³-hybridized carbons (Fsp3) is 0.727. The van der Waals surface area contributed by atoms with Crippen LogP contribution in [0.3, 0.4) is 0 Å². The van der Waals surface area contributed by atoms with Gasteiger partial charge in [0.2, 0.25) is 0 Å². The maximum Gasteiger partial charge on any atom is 0.0959 e. The van der Waals surface area contributed by atoms with E-state index in [2.05, 4.69) is 15.7 Å². The maximum absolute atomic E-state index is 4.98. The fourth-order valence-corrected chi connectivity index (χ4v) is 2.47. The highest BCUT2D eigenvalue weighted by Gasteiger charge is 2.26. The van der Waals surface area contributed by atoms with E-state index in [1.165, 1.54) is 23.5 Å². The Morgan fingerprint density at radius 1 is 1.60 bits per heavy atom. The average molecular weight is 226 g/mol. The monoisotopic (exact) mass is 226 g/mol. The SMILES string of the molecule is COCCCNCc1csc(C2CC2)n1. The second kappa shape index (κ2) is 5.58. The molecule has 0 spiro atoms. The van der Waals surface area contributed by atoms with Crippen molar-refractivity contribution in [1.29, 1.82) is 0 Å². The van der Waals surface area contributed by atoms with E-state index in [4.69, 9.17) is 4.74 Å². The summed E-state index contributed by atoms with van der Waals surface area (Å²) in [5, 5.41) is 6.89. The third kappa shape index (κ3) is 3.55. The third-order valence-electron chi connectivity index (χ3n) is 2.50. The number of thiazole rings is 1. The fourth-order valence-electron chi connectivity index (χ4n) is 1.48. The molecule has 1 aromatic rings. The Morgan fingerprint density at radius 3 is 3.20 bits per heavy atom.